The van der Waals surface area contributed by atoms with Crippen LogP contribution in [0.15, 0.2) is 18.2 Å². The van der Waals surface area contributed by atoms with Gasteiger partial charge in [0.25, 0.3) is 0 Å². The van der Waals surface area contributed by atoms with Gasteiger partial charge in [-0.1, -0.05) is 6.07 Å². The van der Waals surface area contributed by atoms with Crippen molar-refractivity contribution in [1.29, 1.82) is 0 Å². The Hall–Kier alpha value is -0.930. The summed E-state index contributed by atoms with van der Waals surface area (Å²) < 4.78 is 18.1. The largest absolute Gasteiger partial charge is 0.392 e. The van der Waals surface area contributed by atoms with Crippen molar-refractivity contribution in [3.8, 4) is 0 Å². The van der Waals surface area contributed by atoms with E-state index in [2.05, 4.69) is 0 Å². The van der Waals surface area contributed by atoms with Crippen molar-refractivity contribution in [3.05, 3.63) is 35.1 Å². The smallest absolute Gasteiger partial charge is 0.123 e. The fraction of sp³-hybridized carbons (Fsp3) is 0.538. The molecule has 88 valence electrons. The van der Waals surface area contributed by atoms with E-state index in [4.69, 9.17) is 4.74 Å². The van der Waals surface area contributed by atoms with E-state index >= 15 is 0 Å². The summed E-state index contributed by atoms with van der Waals surface area (Å²) in [5.41, 5.74) is 1.92. The van der Waals surface area contributed by atoms with Crippen LogP contribution in [0.25, 0.3) is 0 Å². The Labute approximate surface area is 95.1 Å². The molecule has 1 aliphatic heterocycles. The monoisotopic (exact) mass is 224 g/mol. The first-order valence-corrected chi connectivity index (χ1v) is 5.67. The second-order valence-electron chi connectivity index (χ2n) is 4.47. The Balaban J connectivity index is 2.02. The highest BCUT2D eigenvalue weighted by atomic mass is 19.1. The maximum Gasteiger partial charge on any atom is 0.123 e. The van der Waals surface area contributed by atoms with Gasteiger partial charge in [0.1, 0.15) is 5.82 Å². The number of hydrogen-bond donors (Lipinski definition) is 1. The number of halogens is 1. The van der Waals surface area contributed by atoms with E-state index in [1.165, 1.54) is 12.1 Å². The molecule has 0 aromatic heterocycles. The van der Waals surface area contributed by atoms with Crippen molar-refractivity contribution in [2.24, 2.45) is 5.92 Å². The van der Waals surface area contributed by atoms with Crippen molar-refractivity contribution in [2.75, 3.05) is 13.2 Å². The molecule has 0 saturated carbocycles. The zero-order chi connectivity index (χ0) is 11.5. The zero-order valence-corrected chi connectivity index (χ0v) is 9.45. The average Bonchev–Trinajstić information content (AvgIpc) is 2.75. The fourth-order valence-electron chi connectivity index (χ4n) is 2.14. The normalized spacial score (nSPS) is 22.3. The number of aryl methyl sites for hydroxylation is 1. The van der Waals surface area contributed by atoms with Crippen LogP contribution in [0.3, 0.4) is 0 Å². The predicted octanol–water partition coefficient (Wildman–Crippen LogP) is 2.07. The molecular formula is C13H17FO2. The summed E-state index contributed by atoms with van der Waals surface area (Å²) in [5, 5.41) is 10.0. The summed E-state index contributed by atoms with van der Waals surface area (Å²) >= 11 is 0. The van der Waals surface area contributed by atoms with Crippen LogP contribution in [-0.2, 0) is 11.2 Å². The van der Waals surface area contributed by atoms with Crippen molar-refractivity contribution in [1.82, 2.24) is 0 Å². The van der Waals surface area contributed by atoms with Crippen LogP contribution in [-0.4, -0.2) is 24.4 Å². The lowest BCUT2D eigenvalue weighted by Crippen LogP contribution is -2.23. The summed E-state index contributed by atoms with van der Waals surface area (Å²) in [5.74, 6) is 0.00407. The van der Waals surface area contributed by atoms with Gasteiger partial charge in [-0.25, -0.2) is 4.39 Å². The van der Waals surface area contributed by atoms with E-state index in [1.54, 1.807) is 6.07 Å². The Bertz CT molecular complexity index is 359. The van der Waals surface area contributed by atoms with E-state index in [0.29, 0.717) is 13.0 Å². The molecule has 2 atom stereocenters. The SMILES string of the molecule is Cc1cc(F)ccc1CC(O)C1CCOC1. The molecule has 0 radical (unpaired) electrons. The number of aliphatic hydroxyl groups excluding tert-OH is 1. The third-order valence-electron chi connectivity index (χ3n) is 3.24. The first-order valence-electron chi connectivity index (χ1n) is 5.67. The Kier molecular flexibility index (Phi) is 3.56. The zero-order valence-electron chi connectivity index (χ0n) is 9.45. The van der Waals surface area contributed by atoms with E-state index < -0.39 is 0 Å². The Morgan fingerprint density at radius 3 is 3.00 bits per heavy atom. The van der Waals surface area contributed by atoms with E-state index in [-0.39, 0.29) is 17.8 Å². The van der Waals surface area contributed by atoms with Crippen LogP contribution in [0.4, 0.5) is 4.39 Å². The molecule has 1 aromatic rings. The van der Waals surface area contributed by atoms with Crippen molar-refractivity contribution >= 4 is 0 Å². The first kappa shape index (κ1) is 11.6. The summed E-state index contributed by atoms with van der Waals surface area (Å²) in [6.45, 7) is 3.25. The number of hydrogen-bond acceptors (Lipinski definition) is 2. The molecule has 1 N–H and O–H groups in total. The van der Waals surface area contributed by atoms with Gasteiger partial charge in [-0.15, -0.1) is 0 Å². The minimum atomic E-state index is -0.383. The van der Waals surface area contributed by atoms with Crippen molar-refractivity contribution in [3.63, 3.8) is 0 Å². The number of benzene rings is 1. The van der Waals surface area contributed by atoms with Crippen LogP contribution in [0.2, 0.25) is 0 Å². The van der Waals surface area contributed by atoms with Gasteiger partial charge in [-0.2, -0.15) is 0 Å². The van der Waals surface area contributed by atoms with Crippen LogP contribution >= 0.6 is 0 Å². The van der Waals surface area contributed by atoms with Gasteiger partial charge < -0.3 is 9.84 Å². The van der Waals surface area contributed by atoms with Crippen LogP contribution < -0.4 is 0 Å². The average molecular weight is 224 g/mol. The maximum absolute atomic E-state index is 12.9. The van der Waals surface area contributed by atoms with Gasteiger partial charge in [-0.05, 0) is 43.0 Å². The van der Waals surface area contributed by atoms with Crippen LogP contribution in [0.5, 0.6) is 0 Å². The Morgan fingerprint density at radius 1 is 1.56 bits per heavy atom. The van der Waals surface area contributed by atoms with E-state index in [0.717, 1.165) is 24.2 Å². The molecule has 3 heteroatoms. The summed E-state index contributed by atoms with van der Waals surface area (Å²) in [4.78, 5) is 0. The highest BCUT2D eigenvalue weighted by molar-refractivity contribution is 5.27. The molecule has 1 saturated heterocycles. The summed E-state index contributed by atoms with van der Waals surface area (Å²) in [6, 6.07) is 4.71. The quantitative estimate of drug-likeness (QED) is 0.851. The van der Waals surface area contributed by atoms with Gasteiger partial charge >= 0.3 is 0 Å². The molecule has 16 heavy (non-hydrogen) atoms. The molecule has 0 spiro atoms. The predicted molar refractivity (Wildman–Crippen MR) is 59.8 cm³/mol. The van der Waals surface area contributed by atoms with Gasteiger partial charge in [0.15, 0.2) is 0 Å². The third kappa shape index (κ3) is 2.60. The first-order chi connectivity index (χ1) is 7.66. The fourth-order valence-corrected chi connectivity index (χ4v) is 2.14. The molecular weight excluding hydrogens is 207 g/mol. The standard InChI is InChI=1S/C13H17FO2/c1-9-6-12(14)3-2-10(9)7-13(15)11-4-5-16-8-11/h2-3,6,11,13,15H,4-5,7-8H2,1H3. The van der Waals surface area contributed by atoms with Gasteiger partial charge in [0.2, 0.25) is 0 Å². The molecule has 0 amide bonds. The lowest BCUT2D eigenvalue weighted by Gasteiger charge is -2.17. The number of rotatable bonds is 3. The minimum Gasteiger partial charge on any atom is -0.392 e. The minimum absolute atomic E-state index is 0.222. The molecule has 2 nitrogen and oxygen atoms in total. The highest BCUT2D eigenvalue weighted by Crippen LogP contribution is 2.21. The molecule has 1 aromatic carbocycles. The maximum atomic E-state index is 12.9. The van der Waals surface area contributed by atoms with Gasteiger partial charge in [-0.3, -0.25) is 0 Å². The molecule has 0 aliphatic carbocycles. The molecule has 0 bridgehead atoms. The van der Waals surface area contributed by atoms with Crippen LogP contribution in [0, 0.1) is 18.7 Å². The second kappa shape index (κ2) is 4.93. The lowest BCUT2D eigenvalue weighted by atomic mass is 9.93. The summed E-state index contributed by atoms with van der Waals surface area (Å²) in [6.07, 6.45) is 1.12. The van der Waals surface area contributed by atoms with Gasteiger partial charge in [0, 0.05) is 12.5 Å². The molecule has 1 fully saturated rings. The molecule has 2 rings (SSSR count). The van der Waals surface area contributed by atoms with Crippen molar-refractivity contribution < 1.29 is 14.2 Å². The third-order valence-corrected chi connectivity index (χ3v) is 3.24. The molecule has 2 unspecified atom stereocenters. The summed E-state index contributed by atoms with van der Waals surface area (Å²) in [7, 11) is 0. The van der Waals surface area contributed by atoms with E-state index in [9.17, 15) is 9.50 Å². The van der Waals surface area contributed by atoms with Crippen LogP contribution in [0.1, 0.15) is 17.5 Å². The number of aliphatic hydroxyl groups is 1. The second-order valence-corrected chi connectivity index (χ2v) is 4.47. The molecule has 1 aliphatic rings. The lowest BCUT2D eigenvalue weighted by molar-refractivity contribution is 0.0917. The van der Waals surface area contributed by atoms with Crippen molar-refractivity contribution in [2.45, 2.75) is 25.9 Å². The number of ether oxygens (including phenoxy) is 1. The highest BCUT2D eigenvalue weighted by Gasteiger charge is 2.24. The Morgan fingerprint density at radius 2 is 2.38 bits per heavy atom. The molecule has 1 heterocycles. The van der Waals surface area contributed by atoms with Gasteiger partial charge in [0.05, 0.1) is 12.7 Å². The van der Waals surface area contributed by atoms with E-state index in [1.807, 2.05) is 6.92 Å². The topological polar surface area (TPSA) is 29.5 Å².